The first-order valence-electron chi connectivity index (χ1n) is 9.95. The first kappa shape index (κ1) is 21.3. The molecule has 2 aliphatic rings. The zero-order valence-corrected chi connectivity index (χ0v) is 20.1. The quantitative estimate of drug-likeness (QED) is 0.409. The first-order chi connectivity index (χ1) is 14.5. The lowest BCUT2D eigenvalue weighted by molar-refractivity contribution is -0.125. The van der Waals surface area contributed by atoms with E-state index in [2.05, 4.69) is 26.1 Å². The zero-order chi connectivity index (χ0) is 22.3. The van der Waals surface area contributed by atoms with E-state index >= 15 is 0 Å². The molecule has 1 heterocycles. The van der Waals surface area contributed by atoms with Crippen LogP contribution in [0.1, 0.15) is 45.0 Å². The van der Waals surface area contributed by atoms with E-state index in [0.29, 0.717) is 48.9 Å². The molecule has 0 radical (unpaired) electrons. The minimum Gasteiger partial charge on any atom is -0.325 e. The molecule has 3 aromatic rings. The van der Waals surface area contributed by atoms with Crippen molar-refractivity contribution in [1.29, 1.82) is 0 Å². The summed E-state index contributed by atoms with van der Waals surface area (Å²) in [5.74, 6) is -0.132. The van der Waals surface area contributed by atoms with Crippen molar-refractivity contribution in [2.24, 2.45) is 5.41 Å². The number of benzene rings is 2. The highest BCUT2D eigenvalue weighted by molar-refractivity contribution is 6.42. The van der Waals surface area contributed by atoms with Gasteiger partial charge in [0.15, 0.2) is 0 Å². The van der Waals surface area contributed by atoms with Crippen molar-refractivity contribution in [2.75, 3.05) is 5.32 Å². The summed E-state index contributed by atoms with van der Waals surface area (Å²) in [5, 5.41) is 4.80. The Morgan fingerprint density at radius 3 is 1.97 bits per heavy atom. The molecule has 0 aliphatic heterocycles. The van der Waals surface area contributed by atoms with Gasteiger partial charge in [0.1, 0.15) is 0 Å². The molecule has 4 nitrogen and oxygen atoms in total. The van der Waals surface area contributed by atoms with Crippen LogP contribution in [0.15, 0.2) is 30.3 Å². The van der Waals surface area contributed by atoms with Crippen LogP contribution in [0.2, 0.25) is 20.1 Å². The summed E-state index contributed by atoms with van der Waals surface area (Å²) in [5.41, 5.74) is 1.85. The maximum Gasteiger partial charge on any atom is 0.237 e. The summed E-state index contributed by atoms with van der Waals surface area (Å²) in [4.78, 5) is 23.8. The third kappa shape index (κ3) is 2.72. The Morgan fingerprint density at radius 1 is 0.839 bits per heavy atom. The van der Waals surface area contributed by atoms with Gasteiger partial charge in [-0.1, -0.05) is 67.2 Å². The van der Waals surface area contributed by atoms with Gasteiger partial charge in [-0.3, -0.25) is 4.79 Å². The molecule has 5 rings (SSSR count). The molecule has 160 valence electrons. The van der Waals surface area contributed by atoms with Crippen molar-refractivity contribution < 1.29 is 4.79 Å². The SMILES string of the molecule is CC12CCC(C(=O)Nc3cc(Cl)cc(Cl)c3)(c3nc4cc(Cl)c(Cl)cc4nc31)C2(C)C. The van der Waals surface area contributed by atoms with Crippen molar-refractivity contribution in [3.8, 4) is 0 Å². The Labute approximate surface area is 200 Å². The average molecular weight is 495 g/mol. The standard InChI is InChI=1S/C23H19Cl4N3O/c1-21(2)22(3)4-5-23(21,20(31)28-13-7-11(24)6-12(25)8-13)19-18(22)29-16-9-14(26)15(27)10-17(16)30-19/h6-10H,4-5H2,1-3H3,(H,28,31). The van der Waals surface area contributed by atoms with Crippen LogP contribution >= 0.6 is 46.4 Å². The molecule has 8 heteroatoms. The van der Waals surface area contributed by atoms with Gasteiger partial charge in [0, 0.05) is 21.1 Å². The van der Waals surface area contributed by atoms with E-state index in [0.717, 1.165) is 12.1 Å². The number of fused-ring (bicyclic) bond motifs is 6. The van der Waals surface area contributed by atoms with Crippen LogP contribution in [0.5, 0.6) is 0 Å². The van der Waals surface area contributed by atoms with Crippen molar-refractivity contribution in [2.45, 2.75) is 44.4 Å². The molecule has 2 bridgehead atoms. The minimum absolute atomic E-state index is 0.132. The van der Waals surface area contributed by atoms with Crippen molar-refractivity contribution in [3.63, 3.8) is 0 Å². The number of carbonyl (C=O) groups excluding carboxylic acids is 1. The lowest BCUT2D eigenvalue weighted by Crippen LogP contribution is -2.48. The molecule has 1 saturated carbocycles. The maximum absolute atomic E-state index is 13.9. The Balaban J connectivity index is 1.71. The summed E-state index contributed by atoms with van der Waals surface area (Å²) in [7, 11) is 0. The number of hydrogen-bond donors (Lipinski definition) is 1. The van der Waals surface area contributed by atoms with Crippen LogP contribution in [0.25, 0.3) is 11.0 Å². The van der Waals surface area contributed by atoms with Crippen LogP contribution in [0.3, 0.4) is 0 Å². The predicted octanol–water partition coefficient (Wildman–Crippen LogP) is 7.21. The Kier molecular flexibility index (Phi) is 4.60. The van der Waals surface area contributed by atoms with E-state index in [9.17, 15) is 4.79 Å². The van der Waals surface area contributed by atoms with Gasteiger partial charge in [0.05, 0.1) is 37.9 Å². The van der Waals surface area contributed by atoms with Crippen LogP contribution < -0.4 is 5.32 Å². The number of hydrogen-bond acceptors (Lipinski definition) is 3. The number of halogens is 4. The third-order valence-electron chi connectivity index (χ3n) is 7.59. The molecule has 1 aromatic heterocycles. The first-order valence-corrected chi connectivity index (χ1v) is 11.5. The molecule has 1 N–H and O–H groups in total. The van der Waals surface area contributed by atoms with E-state index in [1.807, 2.05) is 0 Å². The molecular weight excluding hydrogens is 476 g/mol. The van der Waals surface area contributed by atoms with Gasteiger partial charge in [-0.25, -0.2) is 9.97 Å². The highest BCUT2D eigenvalue weighted by Crippen LogP contribution is 2.70. The van der Waals surface area contributed by atoms with Crippen molar-refractivity contribution in [3.05, 3.63) is 61.8 Å². The van der Waals surface area contributed by atoms with Gasteiger partial charge in [-0.2, -0.15) is 0 Å². The molecule has 0 saturated heterocycles. The molecular formula is C23H19Cl4N3O. The Bertz CT molecular complexity index is 1270. The predicted molar refractivity (Wildman–Crippen MR) is 127 cm³/mol. The van der Waals surface area contributed by atoms with Crippen LogP contribution in [-0.4, -0.2) is 15.9 Å². The van der Waals surface area contributed by atoms with E-state index in [1.165, 1.54) is 0 Å². The number of aromatic nitrogens is 2. The average Bonchev–Trinajstić information content (AvgIpc) is 2.96. The summed E-state index contributed by atoms with van der Waals surface area (Å²) in [6.45, 7) is 6.42. The molecule has 2 aliphatic carbocycles. The molecule has 2 unspecified atom stereocenters. The van der Waals surface area contributed by atoms with Gasteiger partial charge < -0.3 is 5.32 Å². The molecule has 1 amide bonds. The van der Waals surface area contributed by atoms with Crippen LogP contribution in [0, 0.1) is 5.41 Å². The normalized spacial score (nSPS) is 25.6. The van der Waals surface area contributed by atoms with Gasteiger partial charge in [-0.15, -0.1) is 0 Å². The van der Waals surface area contributed by atoms with Crippen molar-refractivity contribution in [1.82, 2.24) is 9.97 Å². The second-order valence-corrected chi connectivity index (χ2v) is 10.8. The monoisotopic (exact) mass is 493 g/mol. The summed E-state index contributed by atoms with van der Waals surface area (Å²) in [6.07, 6.45) is 1.50. The van der Waals surface area contributed by atoms with Crippen molar-refractivity contribution >= 4 is 69.0 Å². The number of anilines is 1. The fourth-order valence-corrected chi connectivity index (χ4v) is 6.31. The third-order valence-corrected chi connectivity index (χ3v) is 8.75. The van der Waals surface area contributed by atoms with E-state index in [-0.39, 0.29) is 11.3 Å². The van der Waals surface area contributed by atoms with Crippen LogP contribution in [0.4, 0.5) is 5.69 Å². The van der Waals surface area contributed by atoms with Gasteiger partial charge in [0.2, 0.25) is 5.91 Å². The molecule has 31 heavy (non-hydrogen) atoms. The van der Waals surface area contributed by atoms with Gasteiger partial charge >= 0.3 is 0 Å². The van der Waals surface area contributed by atoms with E-state index < -0.39 is 10.8 Å². The Morgan fingerprint density at radius 2 is 1.39 bits per heavy atom. The Hall–Kier alpha value is -1.59. The fraction of sp³-hybridized carbons (Fsp3) is 0.348. The highest BCUT2D eigenvalue weighted by Gasteiger charge is 2.73. The number of rotatable bonds is 2. The molecule has 2 atom stereocenters. The van der Waals surface area contributed by atoms with Gasteiger partial charge in [0.25, 0.3) is 0 Å². The number of nitrogens with one attached hydrogen (secondary N) is 1. The lowest BCUT2D eigenvalue weighted by Gasteiger charge is -2.39. The number of carbonyl (C=O) groups is 1. The van der Waals surface area contributed by atoms with E-state index in [1.54, 1.807) is 30.3 Å². The van der Waals surface area contributed by atoms with Gasteiger partial charge in [-0.05, 0) is 48.6 Å². The lowest BCUT2D eigenvalue weighted by atomic mass is 9.63. The fourth-order valence-electron chi connectivity index (χ4n) is 5.46. The van der Waals surface area contributed by atoms with E-state index in [4.69, 9.17) is 56.4 Å². The second-order valence-electron chi connectivity index (χ2n) is 9.15. The topological polar surface area (TPSA) is 54.9 Å². The summed E-state index contributed by atoms with van der Waals surface area (Å²) >= 11 is 24.7. The smallest absolute Gasteiger partial charge is 0.237 e. The van der Waals surface area contributed by atoms with Crippen LogP contribution in [-0.2, 0) is 15.6 Å². The number of amides is 1. The number of nitrogens with zero attached hydrogens (tertiary/aromatic N) is 2. The maximum atomic E-state index is 13.9. The largest absolute Gasteiger partial charge is 0.325 e. The molecule has 0 spiro atoms. The molecule has 1 fully saturated rings. The summed E-state index contributed by atoms with van der Waals surface area (Å²) < 4.78 is 0. The minimum atomic E-state index is -0.848. The zero-order valence-electron chi connectivity index (χ0n) is 17.1. The molecule has 2 aromatic carbocycles. The second kappa shape index (κ2) is 6.71. The highest BCUT2D eigenvalue weighted by atomic mass is 35.5. The summed E-state index contributed by atoms with van der Waals surface area (Å²) in [6, 6.07) is 8.44.